The first-order valence-electron chi connectivity index (χ1n) is 6.20. The Morgan fingerprint density at radius 3 is 2.45 bits per heavy atom. The number of ether oxygens (including phenoxy) is 2. The maximum atomic E-state index is 11.5. The molecule has 0 bridgehead atoms. The summed E-state index contributed by atoms with van der Waals surface area (Å²) in [5, 5.41) is 0. The highest BCUT2D eigenvalue weighted by molar-refractivity contribution is 5.86. The second-order valence-electron chi connectivity index (χ2n) is 3.59. The zero-order valence-corrected chi connectivity index (χ0v) is 11.5. The molecule has 0 saturated carbocycles. The van der Waals surface area contributed by atoms with Gasteiger partial charge in [-0.2, -0.15) is 0 Å². The number of benzene rings is 1. The maximum Gasteiger partial charge on any atom is 0.375 e. The van der Waals surface area contributed by atoms with Gasteiger partial charge in [0.15, 0.2) is 5.69 Å². The van der Waals surface area contributed by atoms with Gasteiger partial charge in [0, 0.05) is 0 Å². The van der Waals surface area contributed by atoms with E-state index in [1.807, 2.05) is 0 Å². The Labute approximate surface area is 118 Å². The van der Waals surface area contributed by atoms with E-state index in [0.29, 0.717) is 12.3 Å². The number of esters is 1. The smallest absolute Gasteiger partial charge is 0.375 e. The van der Waals surface area contributed by atoms with Crippen LogP contribution in [0.1, 0.15) is 13.8 Å². The summed E-state index contributed by atoms with van der Waals surface area (Å²) in [6.07, 6.45) is 1.39. The van der Waals surface area contributed by atoms with E-state index in [9.17, 15) is 4.79 Å². The van der Waals surface area contributed by atoms with Crippen LogP contribution < -0.4 is 10.9 Å². The first-order chi connectivity index (χ1) is 9.71. The lowest BCUT2D eigenvalue weighted by Gasteiger charge is -2.10. The molecule has 20 heavy (non-hydrogen) atoms. The molecule has 0 saturated heterocycles. The molecule has 0 aliphatic heterocycles. The molecule has 2 N–H and O–H groups in total. The van der Waals surface area contributed by atoms with Gasteiger partial charge < -0.3 is 20.3 Å². The van der Waals surface area contributed by atoms with Crippen molar-refractivity contribution in [2.45, 2.75) is 13.8 Å². The number of anilines is 1. The van der Waals surface area contributed by atoms with Crippen LogP contribution in [0, 0.1) is 6.57 Å². The van der Waals surface area contributed by atoms with Crippen molar-refractivity contribution in [2.75, 3.05) is 18.6 Å². The first-order valence-corrected chi connectivity index (χ1v) is 6.20. The third-order valence-electron chi connectivity index (χ3n) is 2.19. The Morgan fingerprint density at radius 1 is 1.25 bits per heavy atom. The van der Waals surface area contributed by atoms with Crippen molar-refractivity contribution in [2.24, 2.45) is 0 Å². The molecule has 0 aromatic heterocycles. The second-order valence-corrected chi connectivity index (χ2v) is 3.59. The van der Waals surface area contributed by atoms with Crippen LogP contribution in [0.25, 0.3) is 4.85 Å². The topological polar surface area (TPSA) is 64.0 Å². The van der Waals surface area contributed by atoms with Gasteiger partial charge in [0.1, 0.15) is 0 Å². The SMILES string of the molecule is [C-]#[N+]c1ccc(NN/C=C(\OCC)C(=O)OCC)cc1. The van der Waals surface area contributed by atoms with Crippen LogP contribution in [0.5, 0.6) is 0 Å². The molecule has 0 spiro atoms. The van der Waals surface area contributed by atoms with Crippen LogP contribution in [0.2, 0.25) is 0 Å². The van der Waals surface area contributed by atoms with Crippen molar-refractivity contribution in [3.05, 3.63) is 47.6 Å². The molecular weight excluding hydrogens is 258 g/mol. The fourth-order valence-electron chi connectivity index (χ4n) is 1.32. The second kappa shape index (κ2) is 8.43. The Balaban J connectivity index is 2.58. The number of hydrogen-bond acceptors (Lipinski definition) is 5. The molecule has 1 aromatic carbocycles. The summed E-state index contributed by atoms with van der Waals surface area (Å²) in [4.78, 5) is 14.8. The molecule has 0 aliphatic carbocycles. The molecule has 6 heteroatoms. The maximum absolute atomic E-state index is 11.5. The Hall–Kier alpha value is -2.68. The van der Waals surface area contributed by atoms with E-state index in [1.54, 1.807) is 38.1 Å². The quantitative estimate of drug-likeness (QED) is 0.263. The van der Waals surface area contributed by atoms with Crippen LogP contribution >= 0.6 is 0 Å². The monoisotopic (exact) mass is 275 g/mol. The normalized spacial score (nSPS) is 10.3. The van der Waals surface area contributed by atoms with E-state index in [0.717, 1.165) is 5.69 Å². The highest BCUT2D eigenvalue weighted by Crippen LogP contribution is 2.15. The van der Waals surface area contributed by atoms with Crippen molar-refractivity contribution in [1.29, 1.82) is 0 Å². The van der Waals surface area contributed by atoms with E-state index >= 15 is 0 Å². The minimum atomic E-state index is -0.521. The highest BCUT2D eigenvalue weighted by Gasteiger charge is 2.10. The number of hydrogen-bond donors (Lipinski definition) is 2. The summed E-state index contributed by atoms with van der Waals surface area (Å²) in [5.41, 5.74) is 6.93. The fourth-order valence-corrected chi connectivity index (χ4v) is 1.32. The van der Waals surface area contributed by atoms with Gasteiger partial charge in [0.25, 0.3) is 0 Å². The predicted octanol–water partition coefficient (Wildman–Crippen LogP) is 2.59. The molecule has 6 nitrogen and oxygen atoms in total. The average Bonchev–Trinajstić information content (AvgIpc) is 2.47. The number of rotatable bonds is 7. The molecule has 0 atom stereocenters. The third kappa shape index (κ3) is 4.90. The number of carbonyl (C=O) groups excluding carboxylic acids is 1. The molecule has 1 rings (SSSR count). The Bertz CT molecular complexity index is 503. The Kier molecular flexibility index (Phi) is 6.48. The largest absolute Gasteiger partial charge is 0.486 e. The van der Waals surface area contributed by atoms with E-state index in [2.05, 4.69) is 15.7 Å². The van der Waals surface area contributed by atoms with E-state index < -0.39 is 5.97 Å². The average molecular weight is 275 g/mol. The zero-order chi connectivity index (χ0) is 14.8. The minimum absolute atomic E-state index is 0.0969. The summed E-state index contributed by atoms with van der Waals surface area (Å²) in [5.74, 6) is -0.424. The van der Waals surface area contributed by atoms with Gasteiger partial charge in [0.2, 0.25) is 5.76 Å². The third-order valence-corrected chi connectivity index (χ3v) is 2.19. The molecular formula is C14H17N3O3. The van der Waals surface area contributed by atoms with Crippen molar-refractivity contribution in [3.8, 4) is 0 Å². The van der Waals surface area contributed by atoms with Gasteiger partial charge in [-0.05, 0) is 26.0 Å². The predicted molar refractivity (Wildman–Crippen MR) is 75.8 cm³/mol. The summed E-state index contributed by atoms with van der Waals surface area (Å²) < 4.78 is 10.0. The van der Waals surface area contributed by atoms with Crippen LogP contribution in [0.3, 0.4) is 0 Å². The molecule has 0 amide bonds. The van der Waals surface area contributed by atoms with Gasteiger partial charge in [-0.25, -0.2) is 9.64 Å². The van der Waals surface area contributed by atoms with Crippen molar-refractivity contribution < 1.29 is 14.3 Å². The van der Waals surface area contributed by atoms with Crippen LogP contribution in [-0.4, -0.2) is 19.2 Å². The first kappa shape index (κ1) is 15.4. The molecule has 0 fully saturated rings. The highest BCUT2D eigenvalue weighted by atomic mass is 16.6. The minimum Gasteiger partial charge on any atom is -0.486 e. The van der Waals surface area contributed by atoms with Gasteiger partial charge in [-0.15, -0.1) is 0 Å². The summed E-state index contributed by atoms with van der Waals surface area (Å²) >= 11 is 0. The number of carbonyl (C=O) groups is 1. The lowest BCUT2D eigenvalue weighted by atomic mass is 10.3. The van der Waals surface area contributed by atoms with Crippen molar-refractivity contribution in [1.82, 2.24) is 5.43 Å². The molecule has 106 valence electrons. The molecule has 0 unspecified atom stereocenters. The fraction of sp³-hybridized carbons (Fsp3) is 0.286. The van der Waals surface area contributed by atoms with Gasteiger partial charge in [-0.3, -0.25) is 0 Å². The lowest BCUT2D eigenvalue weighted by Crippen LogP contribution is -2.19. The van der Waals surface area contributed by atoms with E-state index in [1.165, 1.54) is 6.20 Å². The summed E-state index contributed by atoms with van der Waals surface area (Å²) in [7, 11) is 0. The van der Waals surface area contributed by atoms with E-state index in [-0.39, 0.29) is 12.4 Å². The van der Waals surface area contributed by atoms with Gasteiger partial charge in [-0.1, -0.05) is 12.1 Å². The summed E-state index contributed by atoms with van der Waals surface area (Å²) in [6.45, 7) is 11.0. The van der Waals surface area contributed by atoms with Crippen molar-refractivity contribution >= 4 is 17.3 Å². The number of nitrogens with zero attached hydrogens (tertiary/aromatic N) is 1. The van der Waals surface area contributed by atoms with Crippen molar-refractivity contribution in [3.63, 3.8) is 0 Å². The lowest BCUT2D eigenvalue weighted by molar-refractivity contribution is -0.142. The summed E-state index contributed by atoms with van der Waals surface area (Å²) in [6, 6.07) is 6.88. The molecule has 0 aliphatic rings. The van der Waals surface area contributed by atoms with Crippen LogP contribution in [0.15, 0.2) is 36.2 Å². The standard InChI is InChI=1S/C14H17N3O3/c1-4-19-13(14(18)20-5-2)10-16-17-12-8-6-11(15-3)7-9-12/h6-10,16-17H,4-5H2,1-2H3/b13-10-. The Morgan fingerprint density at radius 2 is 1.90 bits per heavy atom. The number of nitrogens with one attached hydrogen (secondary N) is 2. The molecule has 0 radical (unpaired) electrons. The van der Waals surface area contributed by atoms with Gasteiger partial charge in [0.05, 0.1) is 31.7 Å². The zero-order valence-electron chi connectivity index (χ0n) is 11.5. The van der Waals surface area contributed by atoms with Gasteiger partial charge >= 0.3 is 5.97 Å². The van der Waals surface area contributed by atoms with Crippen LogP contribution in [0.4, 0.5) is 11.4 Å². The van der Waals surface area contributed by atoms with E-state index in [4.69, 9.17) is 16.0 Å². The molecule has 0 heterocycles. The van der Waals surface area contributed by atoms with Crippen LogP contribution in [-0.2, 0) is 14.3 Å². The number of hydrazine groups is 1. The molecule has 1 aromatic rings.